The fraction of sp³-hybridized carbons (Fsp3) is 0.429. The third kappa shape index (κ3) is 4.34. The van der Waals surface area contributed by atoms with E-state index in [2.05, 4.69) is 29.2 Å². The van der Waals surface area contributed by atoms with Crippen LogP contribution in [0, 0.1) is 12.8 Å². The first-order chi connectivity index (χ1) is 12.5. The lowest BCUT2D eigenvalue weighted by molar-refractivity contribution is -0.130. The van der Waals surface area contributed by atoms with Gasteiger partial charge in [-0.3, -0.25) is 9.59 Å². The predicted molar refractivity (Wildman–Crippen MR) is 104 cm³/mol. The molecule has 5 nitrogen and oxygen atoms in total. The van der Waals surface area contributed by atoms with E-state index in [1.807, 2.05) is 31.0 Å². The Bertz CT molecular complexity index is 800. The predicted octanol–water partition coefficient (Wildman–Crippen LogP) is 2.53. The van der Waals surface area contributed by atoms with Crippen LogP contribution in [0.25, 0.3) is 0 Å². The molecule has 1 unspecified atom stereocenters. The van der Waals surface area contributed by atoms with Crippen LogP contribution in [0.3, 0.4) is 0 Å². The number of amides is 1. The molecule has 0 N–H and O–H groups in total. The van der Waals surface area contributed by atoms with Crippen LogP contribution in [0.5, 0.6) is 0 Å². The van der Waals surface area contributed by atoms with E-state index in [4.69, 9.17) is 0 Å². The quantitative estimate of drug-likeness (QED) is 0.802. The summed E-state index contributed by atoms with van der Waals surface area (Å²) in [5.74, 6) is 0.587. The second kappa shape index (κ2) is 8.21. The first kappa shape index (κ1) is 18.2. The minimum atomic E-state index is -0.0465. The molecule has 2 aromatic rings. The Balaban J connectivity index is 1.50. The van der Waals surface area contributed by atoms with Crippen LogP contribution in [0.4, 0.5) is 5.69 Å². The van der Waals surface area contributed by atoms with E-state index in [-0.39, 0.29) is 11.5 Å². The van der Waals surface area contributed by atoms with Gasteiger partial charge in [0.1, 0.15) is 0 Å². The third-order valence-corrected chi connectivity index (χ3v) is 5.18. The summed E-state index contributed by atoms with van der Waals surface area (Å²) in [5.41, 5.74) is 2.10. The van der Waals surface area contributed by atoms with E-state index >= 15 is 0 Å². The van der Waals surface area contributed by atoms with E-state index in [9.17, 15) is 9.59 Å². The van der Waals surface area contributed by atoms with E-state index in [0.29, 0.717) is 18.9 Å². The summed E-state index contributed by atoms with van der Waals surface area (Å²) in [4.78, 5) is 28.6. The standard InChI is InChI=1S/C21H27N3O2/c1-17-7-6-10-21(26)24(17)14-12-20(25)22(2)15-18-11-13-23(16-18)19-8-4-3-5-9-19/h3-10,18H,11-16H2,1-2H3. The molecule has 1 amide bonds. The average molecular weight is 353 g/mol. The monoisotopic (exact) mass is 353 g/mol. The van der Waals surface area contributed by atoms with Crippen LogP contribution >= 0.6 is 0 Å². The van der Waals surface area contributed by atoms with Gasteiger partial charge in [0.05, 0.1) is 0 Å². The van der Waals surface area contributed by atoms with Gasteiger partial charge in [0.15, 0.2) is 0 Å². The highest BCUT2D eigenvalue weighted by Crippen LogP contribution is 2.24. The lowest BCUT2D eigenvalue weighted by Gasteiger charge is -2.23. The fourth-order valence-corrected chi connectivity index (χ4v) is 3.65. The number of carbonyl (C=O) groups is 1. The molecule has 1 atom stereocenters. The molecule has 0 radical (unpaired) electrons. The summed E-state index contributed by atoms with van der Waals surface area (Å²) in [7, 11) is 1.87. The highest BCUT2D eigenvalue weighted by atomic mass is 16.2. The molecule has 1 aromatic heterocycles. The van der Waals surface area contributed by atoms with Crippen molar-refractivity contribution >= 4 is 11.6 Å². The molecule has 0 bridgehead atoms. The number of nitrogens with zero attached hydrogens (tertiary/aromatic N) is 3. The summed E-state index contributed by atoms with van der Waals surface area (Å²) < 4.78 is 1.67. The van der Waals surface area contributed by atoms with Crippen molar-refractivity contribution in [3.05, 3.63) is 64.6 Å². The maximum Gasteiger partial charge on any atom is 0.250 e. The van der Waals surface area contributed by atoms with Gasteiger partial charge in [0.2, 0.25) is 5.91 Å². The van der Waals surface area contributed by atoms with Gasteiger partial charge in [-0.2, -0.15) is 0 Å². The van der Waals surface area contributed by atoms with E-state index in [0.717, 1.165) is 31.7 Å². The molecule has 0 spiro atoms. The molecule has 0 aliphatic carbocycles. The summed E-state index contributed by atoms with van der Waals surface area (Å²) in [6.45, 7) is 5.13. The first-order valence-electron chi connectivity index (χ1n) is 9.25. The zero-order valence-corrected chi connectivity index (χ0v) is 15.6. The third-order valence-electron chi connectivity index (χ3n) is 5.18. The number of aryl methyl sites for hydroxylation is 1. The number of rotatable bonds is 6. The van der Waals surface area contributed by atoms with Crippen LogP contribution in [-0.2, 0) is 11.3 Å². The molecule has 26 heavy (non-hydrogen) atoms. The molecule has 138 valence electrons. The van der Waals surface area contributed by atoms with Gasteiger partial charge in [-0.25, -0.2) is 0 Å². The molecule has 3 rings (SSSR count). The summed E-state index contributed by atoms with van der Waals surface area (Å²) in [5, 5.41) is 0. The fourth-order valence-electron chi connectivity index (χ4n) is 3.65. The normalized spacial score (nSPS) is 16.7. The van der Waals surface area contributed by atoms with E-state index in [1.54, 1.807) is 10.6 Å². The van der Waals surface area contributed by atoms with Crippen LogP contribution in [0.15, 0.2) is 53.3 Å². The summed E-state index contributed by atoms with van der Waals surface area (Å²) in [6.07, 6.45) is 1.46. The van der Waals surface area contributed by atoms with Crippen molar-refractivity contribution in [3.8, 4) is 0 Å². The summed E-state index contributed by atoms with van der Waals surface area (Å²) >= 11 is 0. The molecule has 1 fully saturated rings. The van der Waals surface area contributed by atoms with Gasteiger partial charge in [-0.15, -0.1) is 0 Å². The molecule has 0 saturated carbocycles. The van der Waals surface area contributed by atoms with Crippen molar-refractivity contribution in [2.24, 2.45) is 5.92 Å². The zero-order chi connectivity index (χ0) is 18.5. The molecular formula is C21H27N3O2. The largest absolute Gasteiger partial charge is 0.371 e. The SMILES string of the molecule is Cc1cccc(=O)n1CCC(=O)N(C)CC1CCN(c2ccccc2)C1. The van der Waals surface area contributed by atoms with Gasteiger partial charge < -0.3 is 14.4 Å². The second-order valence-electron chi connectivity index (χ2n) is 7.12. The number of hydrogen-bond donors (Lipinski definition) is 0. The Morgan fingerprint density at radius 2 is 1.92 bits per heavy atom. The number of anilines is 1. The number of aromatic nitrogens is 1. The highest BCUT2D eigenvalue weighted by Gasteiger charge is 2.25. The number of para-hydroxylation sites is 1. The lowest BCUT2D eigenvalue weighted by atomic mass is 10.1. The van der Waals surface area contributed by atoms with Crippen molar-refractivity contribution < 1.29 is 4.79 Å². The second-order valence-corrected chi connectivity index (χ2v) is 7.12. The van der Waals surface area contributed by atoms with Crippen molar-refractivity contribution in [3.63, 3.8) is 0 Å². The van der Waals surface area contributed by atoms with Gasteiger partial charge in [-0.1, -0.05) is 24.3 Å². The van der Waals surface area contributed by atoms with Crippen molar-refractivity contribution in [2.45, 2.75) is 26.3 Å². The maximum atomic E-state index is 12.5. The molecule has 1 aliphatic heterocycles. The molecule has 1 aliphatic rings. The Hall–Kier alpha value is -2.56. The number of hydrogen-bond acceptors (Lipinski definition) is 3. The molecule has 1 saturated heterocycles. The van der Waals surface area contributed by atoms with Crippen LogP contribution < -0.4 is 10.5 Å². The van der Waals surface area contributed by atoms with Crippen molar-refractivity contribution in [1.29, 1.82) is 0 Å². The van der Waals surface area contributed by atoms with Gasteiger partial charge in [0.25, 0.3) is 5.56 Å². The Morgan fingerprint density at radius 3 is 2.65 bits per heavy atom. The van der Waals surface area contributed by atoms with E-state index in [1.165, 1.54) is 11.8 Å². The topological polar surface area (TPSA) is 45.6 Å². The Morgan fingerprint density at radius 1 is 1.15 bits per heavy atom. The van der Waals surface area contributed by atoms with Gasteiger partial charge in [-0.05, 0) is 37.5 Å². The van der Waals surface area contributed by atoms with Crippen LogP contribution in [0.2, 0.25) is 0 Å². The Kier molecular flexibility index (Phi) is 5.76. The molecule has 1 aromatic carbocycles. The minimum Gasteiger partial charge on any atom is -0.371 e. The highest BCUT2D eigenvalue weighted by molar-refractivity contribution is 5.75. The van der Waals surface area contributed by atoms with Crippen LogP contribution in [-0.4, -0.2) is 42.1 Å². The zero-order valence-electron chi connectivity index (χ0n) is 15.6. The number of benzene rings is 1. The van der Waals surface area contributed by atoms with Crippen molar-refractivity contribution in [2.75, 3.05) is 31.6 Å². The van der Waals surface area contributed by atoms with Gasteiger partial charge in [0, 0.05) is 57.1 Å². The van der Waals surface area contributed by atoms with Crippen molar-refractivity contribution in [1.82, 2.24) is 9.47 Å². The van der Waals surface area contributed by atoms with E-state index < -0.39 is 0 Å². The molecule has 5 heteroatoms. The number of carbonyl (C=O) groups excluding carboxylic acids is 1. The Labute approximate surface area is 154 Å². The van der Waals surface area contributed by atoms with Crippen LogP contribution in [0.1, 0.15) is 18.5 Å². The average Bonchev–Trinajstić information content (AvgIpc) is 3.10. The summed E-state index contributed by atoms with van der Waals surface area (Å²) in [6, 6.07) is 15.6. The van der Waals surface area contributed by atoms with Gasteiger partial charge >= 0.3 is 0 Å². The minimum absolute atomic E-state index is 0.0465. The number of pyridine rings is 1. The lowest BCUT2D eigenvalue weighted by Crippen LogP contribution is -2.34. The molecular weight excluding hydrogens is 326 g/mol. The maximum absolute atomic E-state index is 12.5. The first-order valence-corrected chi connectivity index (χ1v) is 9.25. The smallest absolute Gasteiger partial charge is 0.250 e. The molecule has 2 heterocycles.